The van der Waals surface area contributed by atoms with Crippen LogP contribution in [0.25, 0.3) is 22.4 Å². The molecule has 0 radical (unpaired) electrons. The second kappa shape index (κ2) is 3.57. The molecule has 0 unspecified atom stereocenters. The lowest BCUT2D eigenvalue weighted by molar-refractivity contribution is 1.11. The lowest BCUT2D eigenvalue weighted by Gasteiger charge is -2.01. The quantitative estimate of drug-likeness (QED) is 0.682. The van der Waals surface area contributed by atoms with Crippen molar-refractivity contribution in [2.45, 2.75) is 6.42 Å². The number of anilines is 1. The van der Waals surface area contributed by atoms with Crippen LogP contribution < -0.4 is 5.32 Å². The van der Waals surface area contributed by atoms with Crippen LogP contribution in [0.3, 0.4) is 0 Å². The van der Waals surface area contributed by atoms with Crippen molar-refractivity contribution in [1.82, 2.24) is 15.0 Å². The van der Waals surface area contributed by atoms with Crippen molar-refractivity contribution in [3.05, 3.63) is 42.2 Å². The van der Waals surface area contributed by atoms with Crippen molar-refractivity contribution in [3.8, 4) is 11.4 Å². The fourth-order valence-corrected chi connectivity index (χ4v) is 2.45. The van der Waals surface area contributed by atoms with E-state index >= 15 is 0 Å². The molecule has 4 nitrogen and oxygen atoms in total. The number of hydrogen-bond donors (Lipinski definition) is 2. The number of benzene rings is 1. The van der Waals surface area contributed by atoms with E-state index in [1.165, 1.54) is 11.3 Å². The molecule has 3 heterocycles. The minimum atomic E-state index is 0.910. The number of imidazole rings is 1. The molecule has 4 rings (SSSR count). The van der Waals surface area contributed by atoms with E-state index in [2.05, 4.69) is 38.5 Å². The van der Waals surface area contributed by atoms with E-state index < -0.39 is 0 Å². The third-order valence-electron chi connectivity index (χ3n) is 3.37. The standard InChI is InChI=1S/C14H12N4/c1-2-11-9(3-6-16-11)7-10(1)14-17-12-4-5-15-8-13(12)18-14/h1-2,4-5,7-8,16H,3,6H2,(H,17,18). The fourth-order valence-electron chi connectivity index (χ4n) is 2.45. The highest BCUT2D eigenvalue weighted by Gasteiger charge is 2.12. The number of H-pyrrole nitrogens is 1. The van der Waals surface area contributed by atoms with Crippen molar-refractivity contribution >= 4 is 16.7 Å². The van der Waals surface area contributed by atoms with Gasteiger partial charge in [0.1, 0.15) is 5.82 Å². The van der Waals surface area contributed by atoms with E-state index in [0.717, 1.165) is 35.4 Å². The van der Waals surface area contributed by atoms with Gasteiger partial charge in [-0.2, -0.15) is 0 Å². The summed E-state index contributed by atoms with van der Waals surface area (Å²) in [6.45, 7) is 1.03. The predicted octanol–water partition coefficient (Wildman–Crippen LogP) is 2.59. The van der Waals surface area contributed by atoms with Crippen LogP contribution >= 0.6 is 0 Å². The third kappa shape index (κ3) is 1.39. The summed E-state index contributed by atoms with van der Waals surface area (Å²) in [4.78, 5) is 12.0. The van der Waals surface area contributed by atoms with E-state index in [4.69, 9.17) is 0 Å². The molecule has 4 heteroatoms. The minimum Gasteiger partial charge on any atom is -0.384 e. The Morgan fingerprint density at radius 2 is 2.17 bits per heavy atom. The van der Waals surface area contributed by atoms with E-state index in [1.807, 2.05) is 6.07 Å². The van der Waals surface area contributed by atoms with Crippen LogP contribution in [0.1, 0.15) is 5.56 Å². The topological polar surface area (TPSA) is 53.6 Å². The number of nitrogens with zero attached hydrogens (tertiary/aromatic N) is 2. The van der Waals surface area contributed by atoms with Gasteiger partial charge in [0.05, 0.1) is 17.2 Å². The number of fused-ring (bicyclic) bond motifs is 2. The zero-order valence-corrected chi connectivity index (χ0v) is 9.77. The first-order valence-electron chi connectivity index (χ1n) is 6.07. The molecule has 0 saturated heterocycles. The van der Waals surface area contributed by atoms with Gasteiger partial charge < -0.3 is 10.3 Å². The molecule has 88 valence electrons. The highest BCUT2D eigenvalue weighted by atomic mass is 14.9. The average molecular weight is 236 g/mol. The molecule has 3 aromatic rings. The summed E-state index contributed by atoms with van der Waals surface area (Å²) in [5, 5.41) is 3.36. The van der Waals surface area contributed by atoms with Crippen LogP contribution in [0.4, 0.5) is 5.69 Å². The van der Waals surface area contributed by atoms with Gasteiger partial charge in [-0.3, -0.25) is 4.98 Å². The highest BCUT2D eigenvalue weighted by molar-refractivity contribution is 5.79. The number of hydrogen-bond acceptors (Lipinski definition) is 3. The van der Waals surface area contributed by atoms with Crippen LogP contribution in [0.2, 0.25) is 0 Å². The molecule has 0 spiro atoms. The van der Waals surface area contributed by atoms with Gasteiger partial charge in [-0.25, -0.2) is 4.98 Å². The SMILES string of the molecule is c1cc2nc(-c3ccc4c(c3)CCN4)[nH]c2cn1. The Morgan fingerprint density at radius 3 is 3.11 bits per heavy atom. The van der Waals surface area contributed by atoms with Gasteiger partial charge in [-0.05, 0) is 36.2 Å². The van der Waals surface area contributed by atoms with Crippen molar-refractivity contribution in [2.75, 3.05) is 11.9 Å². The first-order valence-corrected chi connectivity index (χ1v) is 6.07. The van der Waals surface area contributed by atoms with Gasteiger partial charge in [-0.1, -0.05) is 0 Å². The molecule has 0 saturated carbocycles. The van der Waals surface area contributed by atoms with Gasteiger partial charge in [0, 0.05) is 24.0 Å². The molecule has 2 N–H and O–H groups in total. The molecule has 1 aliphatic heterocycles. The first-order chi connectivity index (χ1) is 8.90. The van der Waals surface area contributed by atoms with Crippen molar-refractivity contribution in [3.63, 3.8) is 0 Å². The molecule has 2 aromatic heterocycles. The monoisotopic (exact) mass is 236 g/mol. The normalized spacial score (nSPS) is 13.6. The van der Waals surface area contributed by atoms with Gasteiger partial charge in [-0.15, -0.1) is 0 Å². The van der Waals surface area contributed by atoms with Crippen LogP contribution in [-0.2, 0) is 6.42 Å². The molecule has 0 fully saturated rings. The smallest absolute Gasteiger partial charge is 0.138 e. The van der Waals surface area contributed by atoms with Crippen LogP contribution in [0, 0.1) is 0 Å². The number of rotatable bonds is 1. The number of aromatic amines is 1. The molecule has 0 aliphatic carbocycles. The largest absolute Gasteiger partial charge is 0.384 e. The Kier molecular flexibility index (Phi) is 1.91. The second-order valence-corrected chi connectivity index (χ2v) is 4.53. The molecule has 1 aromatic carbocycles. The molecule has 0 amide bonds. The lowest BCUT2D eigenvalue weighted by atomic mass is 10.1. The van der Waals surface area contributed by atoms with Crippen LogP contribution in [0.15, 0.2) is 36.7 Å². The summed E-state index contributed by atoms with van der Waals surface area (Å²) < 4.78 is 0. The van der Waals surface area contributed by atoms with Crippen molar-refractivity contribution in [2.24, 2.45) is 0 Å². The maximum atomic E-state index is 4.59. The van der Waals surface area contributed by atoms with E-state index in [0.29, 0.717) is 0 Å². The van der Waals surface area contributed by atoms with Crippen LogP contribution in [-0.4, -0.2) is 21.5 Å². The van der Waals surface area contributed by atoms with Crippen LogP contribution in [0.5, 0.6) is 0 Å². The lowest BCUT2D eigenvalue weighted by Crippen LogP contribution is -1.90. The number of aromatic nitrogens is 3. The molecule has 0 atom stereocenters. The maximum absolute atomic E-state index is 4.59. The predicted molar refractivity (Wildman–Crippen MR) is 71.5 cm³/mol. The number of pyridine rings is 1. The molecule has 18 heavy (non-hydrogen) atoms. The van der Waals surface area contributed by atoms with Gasteiger partial charge in [0.15, 0.2) is 0 Å². The molecular formula is C14H12N4. The summed E-state index contributed by atoms with van der Waals surface area (Å²) in [6.07, 6.45) is 4.66. The van der Waals surface area contributed by atoms with Gasteiger partial charge in [0.2, 0.25) is 0 Å². The maximum Gasteiger partial charge on any atom is 0.138 e. The Labute approximate surface area is 104 Å². The minimum absolute atomic E-state index is 0.910. The third-order valence-corrected chi connectivity index (χ3v) is 3.37. The summed E-state index contributed by atoms with van der Waals surface area (Å²) in [6, 6.07) is 8.36. The summed E-state index contributed by atoms with van der Waals surface area (Å²) in [5.74, 6) is 0.910. The Balaban J connectivity index is 1.86. The average Bonchev–Trinajstić information content (AvgIpc) is 3.04. The molecule has 0 bridgehead atoms. The Hall–Kier alpha value is -2.36. The zero-order valence-electron chi connectivity index (χ0n) is 9.77. The highest BCUT2D eigenvalue weighted by Crippen LogP contribution is 2.28. The zero-order chi connectivity index (χ0) is 11.9. The van der Waals surface area contributed by atoms with Gasteiger partial charge in [0.25, 0.3) is 0 Å². The summed E-state index contributed by atoms with van der Waals surface area (Å²) in [5.41, 5.74) is 5.68. The van der Waals surface area contributed by atoms with Crippen molar-refractivity contribution in [1.29, 1.82) is 0 Å². The van der Waals surface area contributed by atoms with E-state index in [9.17, 15) is 0 Å². The number of nitrogens with one attached hydrogen (secondary N) is 2. The van der Waals surface area contributed by atoms with E-state index in [-0.39, 0.29) is 0 Å². The fraction of sp³-hybridized carbons (Fsp3) is 0.143. The van der Waals surface area contributed by atoms with E-state index in [1.54, 1.807) is 12.4 Å². The Morgan fingerprint density at radius 1 is 1.17 bits per heavy atom. The molecule has 1 aliphatic rings. The summed E-state index contributed by atoms with van der Waals surface area (Å²) >= 11 is 0. The van der Waals surface area contributed by atoms with Crippen molar-refractivity contribution < 1.29 is 0 Å². The Bertz CT molecular complexity index is 696. The van der Waals surface area contributed by atoms with Gasteiger partial charge >= 0.3 is 0 Å². The first kappa shape index (κ1) is 9.65. The molecular weight excluding hydrogens is 224 g/mol. The summed E-state index contributed by atoms with van der Waals surface area (Å²) in [7, 11) is 0. The second-order valence-electron chi connectivity index (χ2n) is 4.53.